The largest absolute Gasteiger partial charge is 0.496 e. The maximum atomic E-state index is 5.98. The van der Waals surface area contributed by atoms with E-state index in [4.69, 9.17) is 20.2 Å². The van der Waals surface area contributed by atoms with Crippen LogP contribution in [0.1, 0.15) is 24.8 Å². The first-order chi connectivity index (χ1) is 9.26. The van der Waals surface area contributed by atoms with Crippen LogP contribution in [0.15, 0.2) is 29.3 Å². The highest BCUT2D eigenvalue weighted by molar-refractivity contribution is 5.81. The van der Waals surface area contributed by atoms with Crippen LogP contribution in [0.2, 0.25) is 0 Å². The second kappa shape index (κ2) is 5.21. The molecule has 0 aromatic heterocycles. The molecule has 19 heavy (non-hydrogen) atoms. The van der Waals surface area contributed by atoms with Gasteiger partial charge < -0.3 is 15.2 Å². The van der Waals surface area contributed by atoms with E-state index in [1.54, 1.807) is 7.11 Å². The topological polar surface area (TPSA) is 56.8 Å². The Kier molecular flexibility index (Phi) is 3.42. The van der Waals surface area contributed by atoms with E-state index in [0.717, 1.165) is 36.5 Å². The van der Waals surface area contributed by atoms with Crippen molar-refractivity contribution >= 4 is 5.90 Å². The number of nitrogens with two attached hydrogens (primary N) is 1. The normalized spacial score (nSPS) is 29.4. The zero-order chi connectivity index (χ0) is 13.2. The lowest BCUT2D eigenvalue weighted by Crippen LogP contribution is -2.38. The smallest absolute Gasteiger partial charge is 0.188 e. The standard InChI is InChI=1S/C15H20N2O2/c1-18-13-5-3-2-4-10(13)8-15-17-12-7-6-11(16)9-14(12)19-15/h2-5,11-12,14H,6-9,16H2,1H3. The maximum absolute atomic E-state index is 5.98. The summed E-state index contributed by atoms with van der Waals surface area (Å²) in [5.74, 6) is 1.72. The first-order valence-corrected chi connectivity index (χ1v) is 6.87. The van der Waals surface area contributed by atoms with Gasteiger partial charge in [-0.05, 0) is 18.9 Å². The minimum Gasteiger partial charge on any atom is -0.496 e. The molecule has 3 unspecified atom stereocenters. The molecule has 2 N–H and O–H groups in total. The van der Waals surface area contributed by atoms with Gasteiger partial charge in [0, 0.05) is 18.0 Å². The van der Waals surface area contributed by atoms with Gasteiger partial charge >= 0.3 is 0 Å². The molecule has 3 rings (SSSR count). The Morgan fingerprint density at radius 2 is 2.21 bits per heavy atom. The van der Waals surface area contributed by atoms with E-state index >= 15 is 0 Å². The second-order valence-electron chi connectivity index (χ2n) is 5.31. The number of hydrogen-bond acceptors (Lipinski definition) is 4. The molecule has 4 nitrogen and oxygen atoms in total. The van der Waals surface area contributed by atoms with Crippen molar-refractivity contribution in [1.29, 1.82) is 0 Å². The summed E-state index contributed by atoms with van der Waals surface area (Å²) in [7, 11) is 1.69. The molecule has 1 heterocycles. The number of nitrogens with zero attached hydrogens (tertiary/aromatic N) is 1. The van der Waals surface area contributed by atoms with E-state index in [0.29, 0.717) is 12.5 Å². The molecule has 0 amide bonds. The van der Waals surface area contributed by atoms with Crippen LogP contribution < -0.4 is 10.5 Å². The van der Waals surface area contributed by atoms with Gasteiger partial charge in [0.15, 0.2) is 5.90 Å². The summed E-state index contributed by atoms with van der Waals surface area (Å²) in [5.41, 5.74) is 7.10. The van der Waals surface area contributed by atoms with Crippen LogP contribution in [0.25, 0.3) is 0 Å². The molecule has 1 aliphatic heterocycles. The summed E-state index contributed by atoms with van der Waals surface area (Å²) in [6.45, 7) is 0. The van der Waals surface area contributed by atoms with Crippen LogP contribution in [-0.2, 0) is 11.2 Å². The number of ether oxygens (including phenoxy) is 2. The highest BCUT2D eigenvalue weighted by Gasteiger charge is 2.35. The third kappa shape index (κ3) is 2.59. The van der Waals surface area contributed by atoms with Crippen molar-refractivity contribution in [2.45, 2.75) is 43.9 Å². The van der Waals surface area contributed by atoms with Crippen molar-refractivity contribution in [3.05, 3.63) is 29.8 Å². The fourth-order valence-electron chi connectivity index (χ4n) is 2.91. The number of fused-ring (bicyclic) bond motifs is 1. The molecule has 0 spiro atoms. The highest BCUT2D eigenvalue weighted by atomic mass is 16.5. The lowest BCUT2D eigenvalue weighted by molar-refractivity contribution is 0.139. The monoisotopic (exact) mass is 260 g/mol. The van der Waals surface area contributed by atoms with Crippen LogP contribution in [0.4, 0.5) is 0 Å². The van der Waals surface area contributed by atoms with Gasteiger partial charge in [-0.25, -0.2) is 4.99 Å². The molecule has 1 fully saturated rings. The summed E-state index contributed by atoms with van der Waals surface area (Å²) in [6.07, 6.45) is 3.90. The van der Waals surface area contributed by atoms with Gasteiger partial charge in [0.1, 0.15) is 11.9 Å². The number of aliphatic imine (C=N–C) groups is 1. The first-order valence-electron chi connectivity index (χ1n) is 6.87. The zero-order valence-corrected chi connectivity index (χ0v) is 11.2. The number of para-hydroxylation sites is 1. The zero-order valence-electron chi connectivity index (χ0n) is 11.2. The van der Waals surface area contributed by atoms with Crippen LogP contribution in [0.3, 0.4) is 0 Å². The number of rotatable bonds is 3. The van der Waals surface area contributed by atoms with Gasteiger partial charge in [0.25, 0.3) is 0 Å². The third-order valence-electron chi connectivity index (χ3n) is 3.93. The Hall–Kier alpha value is -1.55. The van der Waals surface area contributed by atoms with Crippen molar-refractivity contribution < 1.29 is 9.47 Å². The van der Waals surface area contributed by atoms with Crippen LogP contribution in [0, 0.1) is 0 Å². The molecule has 1 aromatic carbocycles. The number of benzene rings is 1. The van der Waals surface area contributed by atoms with E-state index in [2.05, 4.69) is 6.07 Å². The Balaban J connectivity index is 1.71. The molecule has 1 aromatic rings. The van der Waals surface area contributed by atoms with Gasteiger partial charge in [0.2, 0.25) is 0 Å². The lowest BCUT2D eigenvalue weighted by atomic mass is 9.90. The van der Waals surface area contributed by atoms with Gasteiger partial charge in [-0.15, -0.1) is 0 Å². The molecule has 3 atom stereocenters. The van der Waals surface area contributed by atoms with E-state index in [1.807, 2.05) is 18.2 Å². The third-order valence-corrected chi connectivity index (χ3v) is 3.93. The summed E-state index contributed by atoms with van der Waals surface area (Å²) in [4.78, 5) is 4.70. The maximum Gasteiger partial charge on any atom is 0.188 e. The fourth-order valence-corrected chi connectivity index (χ4v) is 2.91. The SMILES string of the molecule is COc1ccccc1CC1=NC2CCC(N)CC2O1. The molecular formula is C15H20N2O2. The molecule has 102 valence electrons. The van der Waals surface area contributed by atoms with Crippen molar-refractivity contribution in [2.24, 2.45) is 10.7 Å². The van der Waals surface area contributed by atoms with E-state index in [-0.39, 0.29) is 12.1 Å². The summed E-state index contributed by atoms with van der Waals surface area (Å²) in [5, 5.41) is 0. The lowest BCUT2D eigenvalue weighted by Gasteiger charge is -2.26. The van der Waals surface area contributed by atoms with Crippen molar-refractivity contribution in [2.75, 3.05) is 7.11 Å². The van der Waals surface area contributed by atoms with Crippen molar-refractivity contribution in [3.8, 4) is 5.75 Å². The summed E-state index contributed by atoms with van der Waals surface area (Å²) in [6, 6.07) is 8.58. The Labute approximate surface area is 113 Å². The molecule has 1 saturated carbocycles. The predicted molar refractivity (Wildman–Crippen MR) is 74.6 cm³/mol. The summed E-state index contributed by atoms with van der Waals surface area (Å²) < 4.78 is 11.3. The Morgan fingerprint density at radius 1 is 1.37 bits per heavy atom. The molecule has 0 radical (unpaired) electrons. The second-order valence-corrected chi connectivity index (χ2v) is 5.31. The van der Waals surface area contributed by atoms with E-state index in [1.165, 1.54) is 0 Å². The highest BCUT2D eigenvalue weighted by Crippen LogP contribution is 2.29. The molecule has 0 saturated heterocycles. The molecule has 2 aliphatic rings. The van der Waals surface area contributed by atoms with Gasteiger partial charge in [0.05, 0.1) is 19.6 Å². The van der Waals surface area contributed by atoms with E-state index in [9.17, 15) is 0 Å². The van der Waals surface area contributed by atoms with Crippen molar-refractivity contribution in [3.63, 3.8) is 0 Å². The number of methoxy groups -OCH3 is 1. The van der Waals surface area contributed by atoms with Gasteiger partial charge in [-0.3, -0.25) is 0 Å². The molecule has 4 heteroatoms. The average Bonchev–Trinajstić information content (AvgIpc) is 2.80. The van der Waals surface area contributed by atoms with Crippen LogP contribution >= 0.6 is 0 Å². The van der Waals surface area contributed by atoms with Gasteiger partial charge in [-0.2, -0.15) is 0 Å². The van der Waals surface area contributed by atoms with Gasteiger partial charge in [-0.1, -0.05) is 18.2 Å². The Bertz CT molecular complexity index is 487. The minimum atomic E-state index is 0.188. The number of hydrogen-bond donors (Lipinski definition) is 1. The first kappa shape index (κ1) is 12.5. The molecule has 0 bridgehead atoms. The average molecular weight is 260 g/mol. The molecular weight excluding hydrogens is 240 g/mol. The fraction of sp³-hybridized carbons (Fsp3) is 0.533. The molecule has 1 aliphatic carbocycles. The van der Waals surface area contributed by atoms with Crippen LogP contribution in [-0.4, -0.2) is 31.2 Å². The quantitative estimate of drug-likeness (QED) is 0.903. The Morgan fingerprint density at radius 3 is 3.05 bits per heavy atom. The van der Waals surface area contributed by atoms with Crippen molar-refractivity contribution in [1.82, 2.24) is 0 Å². The minimum absolute atomic E-state index is 0.188. The predicted octanol–water partition coefficient (Wildman–Crippen LogP) is 1.91. The van der Waals surface area contributed by atoms with Crippen LogP contribution in [0.5, 0.6) is 5.75 Å². The van der Waals surface area contributed by atoms with E-state index < -0.39 is 0 Å². The summed E-state index contributed by atoms with van der Waals surface area (Å²) >= 11 is 0.